The van der Waals surface area contributed by atoms with Gasteiger partial charge < -0.3 is 10.1 Å². The van der Waals surface area contributed by atoms with E-state index in [1.807, 2.05) is 13.8 Å². The van der Waals surface area contributed by atoms with E-state index in [0.717, 1.165) is 6.42 Å². The molecule has 26 heavy (non-hydrogen) atoms. The molecular weight excluding hydrogens is 334 g/mol. The van der Waals surface area contributed by atoms with Crippen molar-refractivity contribution in [1.29, 1.82) is 0 Å². The molecule has 1 aromatic heterocycles. The first kappa shape index (κ1) is 19.9. The Balaban J connectivity index is 2.36. The SMILES string of the molecule is COCCCNC(=O)Cn1c(=O)n(CCC(C)C)c(=O)c2ccccc21. The number of ether oxygens (including phenoxy) is 1. The molecule has 0 aliphatic rings. The average Bonchev–Trinajstić information content (AvgIpc) is 2.62. The van der Waals surface area contributed by atoms with E-state index in [-0.39, 0.29) is 18.0 Å². The van der Waals surface area contributed by atoms with Gasteiger partial charge in [0, 0.05) is 26.8 Å². The van der Waals surface area contributed by atoms with Crippen molar-refractivity contribution < 1.29 is 9.53 Å². The molecule has 1 amide bonds. The number of aromatic nitrogens is 2. The summed E-state index contributed by atoms with van der Waals surface area (Å²) in [6.45, 7) is 5.34. The summed E-state index contributed by atoms with van der Waals surface area (Å²) in [5, 5.41) is 3.22. The molecule has 7 heteroatoms. The molecule has 0 spiro atoms. The molecular formula is C19H27N3O4. The van der Waals surface area contributed by atoms with Crippen LogP contribution in [0.4, 0.5) is 0 Å². The molecule has 0 fully saturated rings. The molecule has 7 nitrogen and oxygen atoms in total. The Bertz CT molecular complexity index is 867. The van der Waals surface area contributed by atoms with E-state index >= 15 is 0 Å². The van der Waals surface area contributed by atoms with Gasteiger partial charge in [-0.2, -0.15) is 0 Å². The Morgan fingerprint density at radius 2 is 1.92 bits per heavy atom. The van der Waals surface area contributed by atoms with Crippen LogP contribution in [0.3, 0.4) is 0 Å². The van der Waals surface area contributed by atoms with E-state index in [1.165, 1.54) is 9.13 Å². The first-order valence-corrected chi connectivity index (χ1v) is 8.93. The fourth-order valence-corrected chi connectivity index (χ4v) is 2.75. The standard InChI is InChI=1S/C19H27N3O4/c1-14(2)9-11-21-18(24)15-7-4-5-8-16(15)22(19(21)25)13-17(23)20-10-6-12-26-3/h4-5,7-8,14H,6,9-13H2,1-3H3,(H,20,23). The van der Waals surface area contributed by atoms with Gasteiger partial charge in [0.05, 0.1) is 10.9 Å². The van der Waals surface area contributed by atoms with Gasteiger partial charge in [-0.25, -0.2) is 4.79 Å². The molecule has 1 heterocycles. The average molecular weight is 361 g/mol. The number of para-hydroxylation sites is 1. The van der Waals surface area contributed by atoms with Crippen molar-refractivity contribution in [2.45, 2.75) is 39.8 Å². The molecule has 0 aliphatic heterocycles. The highest BCUT2D eigenvalue weighted by molar-refractivity contribution is 5.81. The topological polar surface area (TPSA) is 82.3 Å². The quantitative estimate of drug-likeness (QED) is 0.684. The lowest BCUT2D eigenvalue weighted by molar-refractivity contribution is -0.121. The van der Waals surface area contributed by atoms with Crippen LogP contribution in [0.1, 0.15) is 26.7 Å². The van der Waals surface area contributed by atoms with Crippen LogP contribution >= 0.6 is 0 Å². The second-order valence-corrected chi connectivity index (χ2v) is 6.72. The summed E-state index contributed by atoms with van der Waals surface area (Å²) >= 11 is 0. The van der Waals surface area contributed by atoms with Gasteiger partial charge in [-0.3, -0.25) is 18.7 Å². The van der Waals surface area contributed by atoms with Crippen molar-refractivity contribution in [3.05, 3.63) is 45.1 Å². The summed E-state index contributed by atoms with van der Waals surface area (Å²) in [6, 6.07) is 6.90. The van der Waals surface area contributed by atoms with Gasteiger partial charge in [-0.1, -0.05) is 26.0 Å². The summed E-state index contributed by atoms with van der Waals surface area (Å²) < 4.78 is 7.56. The van der Waals surface area contributed by atoms with Crippen LogP contribution in [0.5, 0.6) is 0 Å². The van der Waals surface area contributed by atoms with Crippen LogP contribution in [0.2, 0.25) is 0 Å². The predicted octanol–water partition coefficient (Wildman–Crippen LogP) is 1.36. The third-order valence-electron chi connectivity index (χ3n) is 4.21. The minimum atomic E-state index is -0.443. The number of rotatable bonds is 9. The van der Waals surface area contributed by atoms with Crippen LogP contribution < -0.4 is 16.6 Å². The number of hydrogen-bond donors (Lipinski definition) is 1. The zero-order valence-electron chi connectivity index (χ0n) is 15.7. The van der Waals surface area contributed by atoms with Gasteiger partial charge in [-0.15, -0.1) is 0 Å². The van der Waals surface area contributed by atoms with E-state index in [9.17, 15) is 14.4 Å². The molecule has 142 valence electrons. The largest absolute Gasteiger partial charge is 0.385 e. The predicted molar refractivity (Wildman–Crippen MR) is 101 cm³/mol. The summed E-state index contributed by atoms with van der Waals surface area (Å²) in [5.41, 5.74) is -0.264. The first-order chi connectivity index (χ1) is 12.5. The van der Waals surface area contributed by atoms with Gasteiger partial charge in [0.15, 0.2) is 0 Å². The van der Waals surface area contributed by atoms with E-state index in [0.29, 0.717) is 42.9 Å². The van der Waals surface area contributed by atoms with Crippen molar-refractivity contribution in [3.63, 3.8) is 0 Å². The van der Waals surface area contributed by atoms with E-state index < -0.39 is 5.69 Å². The number of benzene rings is 1. The number of carbonyl (C=O) groups excluding carboxylic acids is 1. The molecule has 1 N–H and O–H groups in total. The molecule has 2 aromatic rings. The number of hydrogen-bond acceptors (Lipinski definition) is 4. The van der Waals surface area contributed by atoms with Gasteiger partial charge in [-0.05, 0) is 30.9 Å². The molecule has 2 rings (SSSR count). The molecule has 0 unspecified atom stereocenters. The summed E-state index contributed by atoms with van der Waals surface area (Å²) in [6.07, 6.45) is 1.42. The Hall–Kier alpha value is -2.41. The molecule has 0 bridgehead atoms. The fraction of sp³-hybridized carbons (Fsp3) is 0.526. The van der Waals surface area contributed by atoms with Crippen LogP contribution in [0, 0.1) is 5.92 Å². The lowest BCUT2D eigenvalue weighted by Crippen LogP contribution is -2.43. The molecule has 0 saturated heterocycles. The zero-order chi connectivity index (χ0) is 19.1. The number of carbonyl (C=O) groups is 1. The molecule has 0 atom stereocenters. The van der Waals surface area contributed by atoms with Crippen molar-refractivity contribution in [2.75, 3.05) is 20.3 Å². The minimum absolute atomic E-state index is 0.117. The monoisotopic (exact) mass is 361 g/mol. The smallest absolute Gasteiger partial charge is 0.331 e. The first-order valence-electron chi connectivity index (χ1n) is 8.93. The minimum Gasteiger partial charge on any atom is -0.385 e. The Labute approximate surface area is 152 Å². The number of nitrogens with one attached hydrogen (secondary N) is 1. The van der Waals surface area contributed by atoms with Crippen molar-refractivity contribution in [3.8, 4) is 0 Å². The molecule has 0 aliphatic carbocycles. The maximum atomic E-state index is 12.9. The lowest BCUT2D eigenvalue weighted by atomic mass is 10.1. The third-order valence-corrected chi connectivity index (χ3v) is 4.21. The van der Waals surface area contributed by atoms with E-state index in [4.69, 9.17) is 4.74 Å². The number of fused-ring (bicyclic) bond motifs is 1. The summed E-state index contributed by atoms with van der Waals surface area (Å²) in [4.78, 5) is 37.8. The maximum absolute atomic E-state index is 12.9. The van der Waals surface area contributed by atoms with E-state index in [1.54, 1.807) is 31.4 Å². The van der Waals surface area contributed by atoms with Crippen molar-refractivity contribution >= 4 is 16.8 Å². The summed E-state index contributed by atoms with van der Waals surface area (Å²) in [7, 11) is 1.61. The van der Waals surface area contributed by atoms with Gasteiger partial charge >= 0.3 is 5.69 Å². The maximum Gasteiger partial charge on any atom is 0.331 e. The van der Waals surface area contributed by atoms with Crippen LogP contribution in [-0.4, -0.2) is 35.3 Å². The Morgan fingerprint density at radius 1 is 1.19 bits per heavy atom. The molecule has 1 aromatic carbocycles. The Morgan fingerprint density at radius 3 is 2.62 bits per heavy atom. The molecule has 0 saturated carbocycles. The number of nitrogens with zero attached hydrogens (tertiary/aromatic N) is 2. The Kier molecular flexibility index (Phi) is 7.15. The second kappa shape index (κ2) is 9.33. The van der Waals surface area contributed by atoms with Crippen molar-refractivity contribution in [1.82, 2.24) is 14.5 Å². The van der Waals surface area contributed by atoms with Crippen LogP contribution in [0.25, 0.3) is 10.9 Å². The van der Waals surface area contributed by atoms with Gasteiger partial charge in [0.25, 0.3) is 5.56 Å². The van der Waals surface area contributed by atoms with E-state index in [2.05, 4.69) is 5.32 Å². The number of methoxy groups -OCH3 is 1. The highest BCUT2D eigenvalue weighted by Crippen LogP contribution is 2.08. The highest BCUT2D eigenvalue weighted by atomic mass is 16.5. The van der Waals surface area contributed by atoms with Crippen LogP contribution in [0.15, 0.2) is 33.9 Å². The number of amides is 1. The van der Waals surface area contributed by atoms with Crippen molar-refractivity contribution in [2.24, 2.45) is 5.92 Å². The highest BCUT2D eigenvalue weighted by Gasteiger charge is 2.15. The van der Waals surface area contributed by atoms with Gasteiger partial charge in [0.1, 0.15) is 6.54 Å². The third kappa shape index (κ3) is 4.82. The normalized spacial score (nSPS) is 11.2. The fourth-order valence-electron chi connectivity index (χ4n) is 2.75. The molecule has 0 radical (unpaired) electrons. The zero-order valence-corrected chi connectivity index (χ0v) is 15.7. The lowest BCUT2D eigenvalue weighted by Gasteiger charge is -2.14. The summed E-state index contributed by atoms with van der Waals surface area (Å²) in [5.74, 6) is 0.104. The van der Waals surface area contributed by atoms with Gasteiger partial charge in [0.2, 0.25) is 5.91 Å². The van der Waals surface area contributed by atoms with Crippen LogP contribution in [-0.2, 0) is 22.6 Å². The second-order valence-electron chi connectivity index (χ2n) is 6.72.